The average molecular weight is 298 g/mol. The molecule has 2 amide bonds. The molecule has 0 heterocycles. The predicted molar refractivity (Wildman–Crippen MR) is 57.7 cm³/mol. The second-order valence-corrected chi connectivity index (χ2v) is 4.35. The van der Waals surface area contributed by atoms with Crippen molar-refractivity contribution in [3.05, 3.63) is 0 Å². The zero-order valence-corrected chi connectivity index (χ0v) is 10.4. The van der Waals surface area contributed by atoms with Crippen LogP contribution in [0.25, 0.3) is 0 Å². The molecule has 1 atom stereocenters. The quantitative estimate of drug-likeness (QED) is 0.637. The minimum Gasteiger partial charge on any atom is -0.480 e. The Hall–Kier alpha value is -2.00. The van der Waals surface area contributed by atoms with Crippen LogP contribution in [0, 0.1) is 0 Å². The van der Waals surface area contributed by atoms with Crippen LogP contribution >= 0.6 is 0 Å². The van der Waals surface area contributed by atoms with E-state index in [1.165, 1.54) is 0 Å². The molecule has 0 aromatic carbocycles. The Morgan fingerprint density at radius 3 is 2.25 bits per heavy atom. The zero-order valence-electron chi connectivity index (χ0n) is 10.4. The van der Waals surface area contributed by atoms with Gasteiger partial charge in [-0.15, -0.1) is 0 Å². The van der Waals surface area contributed by atoms with E-state index in [1.54, 1.807) is 10.6 Å². The summed E-state index contributed by atoms with van der Waals surface area (Å²) < 4.78 is 42.0. The maximum absolute atomic E-state index is 12.6. The molecule has 1 aliphatic carbocycles. The Kier molecular flexibility index (Phi) is 4.46. The van der Waals surface area contributed by atoms with Crippen molar-refractivity contribution in [1.29, 1.82) is 0 Å². The van der Waals surface area contributed by atoms with E-state index < -0.39 is 42.1 Å². The Morgan fingerprint density at radius 1 is 1.35 bits per heavy atom. The van der Waals surface area contributed by atoms with Crippen LogP contribution in [0.3, 0.4) is 0 Å². The standard InChI is InChI=1S/C10H13F3N2O5/c1-20-6(16)4-5(7(17)18)14-8(19)15-9(2-3-9)10(11,12)13/h5H,2-4H2,1H3,(H,17,18)(H2,14,15,19)/t5-/m0/s1. The van der Waals surface area contributed by atoms with Gasteiger partial charge in [0.25, 0.3) is 0 Å². The number of carboxylic acid groups (broad SMARTS) is 1. The number of carboxylic acids is 1. The summed E-state index contributed by atoms with van der Waals surface area (Å²) in [4.78, 5) is 33.1. The number of carbonyl (C=O) groups is 3. The molecule has 10 heteroatoms. The fourth-order valence-corrected chi connectivity index (χ4v) is 1.47. The van der Waals surface area contributed by atoms with Crippen molar-refractivity contribution in [1.82, 2.24) is 10.6 Å². The molecule has 0 radical (unpaired) electrons. The molecule has 3 N–H and O–H groups in total. The fourth-order valence-electron chi connectivity index (χ4n) is 1.47. The van der Waals surface area contributed by atoms with E-state index in [4.69, 9.17) is 5.11 Å². The van der Waals surface area contributed by atoms with Crippen LogP contribution in [-0.4, -0.2) is 47.9 Å². The number of aliphatic carboxylic acids is 1. The van der Waals surface area contributed by atoms with Gasteiger partial charge in [0.15, 0.2) is 0 Å². The normalized spacial score (nSPS) is 17.8. The van der Waals surface area contributed by atoms with E-state index in [-0.39, 0.29) is 12.8 Å². The van der Waals surface area contributed by atoms with Crippen molar-refractivity contribution in [2.75, 3.05) is 7.11 Å². The lowest BCUT2D eigenvalue weighted by Crippen LogP contribution is -2.55. The molecule has 0 saturated heterocycles. The van der Waals surface area contributed by atoms with Gasteiger partial charge in [-0.2, -0.15) is 13.2 Å². The van der Waals surface area contributed by atoms with Gasteiger partial charge in [0, 0.05) is 0 Å². The van der Waals surface area contributed by atoms with Crippen molar-refractivity contribution in [3.63, 3.8) is 0 Å². The molecule has 7 nitrogen and oxygen atoms in total. The molecule has 1 saturated carbocycles. The zero-order chi connectivity index (χ0) is 15.6. The molecule has 0 bridgehead atoms. The number of hydrogen-bond donors (Lipinski definition) is 3. The highest BCUT2D eigenvalue weighted by Gasteiger charge is 2.64. The van der Waals surface area contributed by atoms with Crippen LogP contribution in [0.15, 0.2) is 0 Å². The summed E-state index contributed by atoms with van der Waals surface area (Å²) in [6.45, 7) is 0. The summed E-state index contributed by atoms with van der Waals surface area (Å²) in [7, 11) is 1.02. The lowest BCUT2D eigenvalue weighted by Gasteiger charge is -2.22. The number of methoxy groups -OCH3 is 1. The number of amides is 2. The van der Waals surface area contributed by atoms with Gasteiger partial charge < -0.3 is 20.5 Å². The van der Waals surface area contributed by atoms with Gasteiger partial charge in [-0.3, -0.25) is 4.79 Å². The van der Waals surface area contributed by atoms with E-state index >= 15 is 0 Å². The molecule has 1 rings (SSSR count). The fraction of sp³-hybridized carbons (Fsp3) is 0.700. The number of rotatable bonds is 5. The molecule has 20 heavy (non-hydrogen) atoms. The highest BCUT2D eigenvalue weighted by molar-refractivity contribution is 5.86. The van der Waals surface area contributed by atoms with Crippen molar-refractivity contribution < 1.29 is 37.4 Å². The van der Waals surface area contributed by atoms with Crippen molar-refractivity contribution in [3.8, 4) is 0 Å². The van der Waals surface area contributed by atoms with Crippen LogP contribution in [0.2, 0.25) is 0 Å². The van der Waals surface area contributed by atoms with Gasteiger partial charge in [-0.05, 0) is 12.8 Å². The van der Waals surface area contributed by atoms with E-state index in [0.717, 1.165) is 7.11 Å². The van der Waals surface area contributed by atoms with Crippen LogP contribution < -0.4 is 10.6 Å². The molecule has 114 valence electrons. The maximum Gasteiger partial charge on any atom is 0.411 e. The molecule has 0 spiro atoms. The third-order valence-electron chi connectivity index (χ3n) is 2.85. The molecule has 0 aromatic rings. The first-order valence-corrected chi connectivity index (χ1v) is 5.56. The molecular formula is C10H13F3N2O5. The number of urea groups is 1. The molecule has 1 aliphatic rings. The minimum absolute atomic E-state index is 0.265. The minimum atomic E-state index is -4.61. The highest BCUT2D eigenvalue weighted by Crippen LogP contribution is 2.48. The highest BCUT2D eigenvalue weighted by atomic mass is 19.4. The van der Waals surface area contributed by atoms with Gasteiger partial charge in [0.05, 0.1) is 13.5 Å². The van der Waals surface area contributed by atoms with Crippen LogP contribution in [-0.2, 0) is 14.3 Å². The third-order valence-corrected chi connectivity index (χ3v) is 2.85. The number of esters is 1. The summed E-state index contributed by atoms with van der Waals surface area (Å²) in [5.41, 5.74) is -2.30. The van der Waals surface area contributed by atoms with Crippen LogP contribution in [0.5, 0.6) is 0 Å². The summed E-state index contributed by atoms with van der Waals surface area (Å²) in [6.07, 6.45) is -5.82. The first-order valence-electron chi connectivity index (χ1n) is 5.56. The molecule has 1 fully saturated rings. The lowest BCUT2D eigenvalue weighted by molar-refractivity contribution is -0.162. The second-order valence-electron chi connectivity index (χ2n) is 4.35. The first kappa shape index (κ1) is 16.1. The maximum atomic E-state index is 12.6. The number of halogens is 3. The SMILES string of the molecule is COC(=O)C[C@H](NC(=O)NC1(C(F)(F)F)CC1)C(=O)O. The number of hydrogen-bond acceptors (Lipinski definition) is 4. The van der Waals surface area contributed by atoms with Crippen molar-refractivity contribution in [2.45, 2.75) is 37.0 Å². The number of nitrogens with one attached hydrogen (secondary N) is 2. The van der Waals surface area contributed by atoms with Gasteiger partial charge >= 0.3 is 24.1 Å². The largest absolute Gasteiger partial charge is 0.480 e. The number of ether oxygens (including phenoxy) is 1. The lowest BCUT2D eigenvalue weighted by atomic mass is 10.2. The molecule has 0 unspecified atom stereocenters. The monoisotopic (exact) mass is 298 g/mol. The van der Waals surface area contributed by atoms with Crippen LogP contribution in [0.4, 0.5) is 18.0 Å². The van der Waals surface area contributed by atoms with Crippen molar-refractivity contribution >= 4 is 18.0 Å². The van der Waals surface area contributed by atoms with Gasteiger partial charge in [0.2, 0.25) is 0 Å². The Labute approximate surface area is 111 Å². The van der Waals surface area contributed by atoms with E-state index in [9.17, 15) is 27.6 Å². The topological polar surface area (TPSA) is 105 Å². The van der Waals surface area contributed by atoms with Crippen molar-refractivity contribution in [2.24, 2.45) is 0 Å². The molecular weight excluding hydrogens is 285 g/mol. The summed E-state index contributed by atoms with van der Waals surface area (Å²) in [6, 6.07) is -2.96. The van der Waals surface area contributed by atoms with E-state index in [1.807, 2.05) is 0 Å². The predicted octanol–water partition coefficient (Wildman–Crippen LogP) is 0.397. The van der Waals surface area contributed by atoms with Gasteiger partial charge in [-0.25, -0.2) is 9.59 Å². The Balaban J connectivity index is 2.59. The molecule has 0 aromatic heterocycles. The first-order chi connectivity index (χ1) is 9.11. The summed E-state index contributed by atoms with van der Waals surface area (Å²) in [5, 5.41) is 12.3. The second kappa shape index (κ2) is 5.55. The molecule has 0 aliphatic heterocycles. The van der Waals surface area contributed by atoms with E-state index in [0.29, 0.717) is 0 Å². The smallest absolute Gasteiger partial charge is 0.411 e. The van der Waals surface area contributed by atoms with Crippen LogP contribution in [0.1, 0.15) is 19.3 Å². The van der Waals surface area contributed by atoms with E-state index in [2.05, 4.69) is 4.74 Å². The van der Waals surface area contributed by atoms with Gasteiger partial charge in [-0.1, -0.05) is 0 Å². The average Bonchev–Trinajstić information content (AvgIpc) is 3.07. The Morgan fingerprint density at radius 2 is 1.90 bits per heavy atom. The third kappa shape index (κ3) is 3.75. The summed E-state index contributed by atoms with van der Waals surface area (Å²) in [5.74, 6) is -2.46. The number of alkyl halides is 3. The Bertz CT molecular complexity index is 420. The van der Waals surface area contributed by atoms with Gasteiger partial charge in [0.1, 0.15) is 11.6 Å². The number of carbonyl (C=O) groups excluding carboxylic acids is 2. The summed E-state index contributed by atoms with van der Waals surface area (Å²) >= 11 is 0.